The number of benzene rings is 2. The fourth-order valence-electron chi connectivity index (χ4n) is 5.11. The normalized spacial score (nSPS) is 21.6. The molecule has 2 bridgehead atoms. The molecule has 2 heteroatoms. The molecule has 2 atom stereocenters. The number of likely N-dealkylation sites (N-methyl/N-ethyl adjacent to an activating group) is 1. The maximum Gasteiger partial charge on any atom is 0.0486 e. The zero-order valence-corrected chi connectivity index (χ0v) is 15.2. The number of hydrogen-bond acceptors (Lipinski definition) is 1. The zero-order chi connectivity index (χ0) is 17.0. The highest BCUT2D eigenvalue weighted by molar-refractivity contribution is 5.87. The molecular weight excluding hydrogens is 316 g/mol. The summed E-state index contributed by atoms with van der Waals surface area (Å²) in [6.07, 6.45) is 4.99. The number of fused-ring (bicyclic) bond motifs is 6. The Bertz CT molecular complexity index is 922. The minimum Gasteiger partial charge on any atom is -0.344 e. The van der Waals surface area contributed by atoms with Gasteiger partial charge >= 0.3 is 0 Å². The third kappa shape index (κ3) is 2.59. The van der Waals surface area contributed by atoms with Crippen molar-refractivity contribution in [3.8, 4) is 0 Å². The summed E-state index contributed by atoms with van der Waals surface area (Å²) in [6.45, 7) is 3.30. The van der Waals surface area contributed by atoms with Crippen LogP contribution in [0, 0.1) is 6.92 Å². The van der Waals surface area contributed by atoms with Gasteiger partial charge in [-0.1, -0.05) is 49.4 Å². The van der Waals surface area contributed by atoms with Gasteiger partial charge in [-0.3, -0.25) is 4.90 Å². The molecule has 3 heterocycles. The lowest BCUT2D eigenvalue weighted by molar-refractivity contribution is 0.222. The average molecular weight is 347 g/mol. The van der Waals surface area contributed by atoms with Crippen LogP contribution in [0.2, 0.25) is 0 Å². The summed E-state index contributed by atoms with van der Waals surface area (Å²) in [7, 11) is 2.33. The highest BCUT2D eigenvalue weighted by Gasteiger charge is 2.40. The summed E-state index contributed by atoms with van der Waals surface area (Å²) < 4.78 is 2.63. The van der Waals surface area contributed by atoms with Crippen molar-refractivity contribution in [3.63, 3.8) is 0 Å². The van der Waals surface area contributed by atoms with Gasteiger partial charge in [-0.05, 0) is 56.5 Å². The van der Waals surface area contributed by atoms with Crippen LogP contribution >= 0.6 is 0 Å². The molecule has 3 aromatic rings. The third-order valence-electron chi connectivity index (χ3n) is 6.44. The molecule has 2 aliphatic heterocycles. The lowest BCUT2D eigenvalue weighted by atomic mass is 9.97. The molecule has 2 nitrogen and oxygen atoms in total. The molecule has 0 aliphatic carbocycles. The fraction of sp³-hybridized carbons (Fsp3) is 0.417. The predicted octanol–water partition coefficient (Wildman–Crippen LogP) is 5.52. The van der Waals surface area contributed by atoms with Crippen LogP contribution in [0.5, 0.6) is 0 Å². The second kappa shape index (κ2) is 6.59. The zero-order valence-electron chi connectivity index (χ0n) is 15.2. The maximum atomic E-state index is 2.63. The first-order valence-electron chi connectivity index (χ1n) is 9.60. The first kappa shape index (κ1) is 17.4. The Kier molecular flexibility index (Phi) is 4.40. The van der Waals surface area contributed by atoms with Gasteiger partial charge in [0.25, 0.3) is 0 Å². The van der Waals surface area contributed by atoms with E-state index in [0.717, 1.165) is 19.0 Å². The molecule has 1 aromatic heterocycles. The smallest absolute Gasteiger partial charge is 0.0486 e. The van der Waals surface area contributed by atoms with E-state index in [2.05, 4.69) is 72.0 Å². The molecule has 5 rings (SSSR count). The van der Waals surface area contributed by atoms with Crippen molar-refractivity contribution in [2.24, 2.45) is 0 Å². The summed E-state index contributed by atoms with van der Waals surface area (Å²) in [6, 6.07) is 19.3. The number of hydrogen-bond donors (Lipinski definition) is 0. The molecule has 1 saturated heterocycles. The summed E-state index contributed by atoms with van der Waals surface area (Å²) in [5.41, 5.74) is 7.48. The SMILES string of the molecule is C.Cc1ccc2c(c1)c1c(n2CCc2ccccc2)CC2CCC1N2C. The first-order valence-corrected chi connectivity index (χ1v) is 9.60. The van der Waals surface area contributed by atoms with E-state index in [4.69, 9.17) is 0 Å². The molecule has 2 aliphatic rings. The predicted molar refractivity (Wildman–Crippen MR) is 111 cm³/mol. The van der Waals surface area contributed by atoms with Gasteiger partial charge in [0.2, 0.25) is 0 Å². The van der Waals surface area contributed by atoms with Crippen LogP contribution in [0.25, 0.3) is 10.9 Å². The van der Waals surface area contributed by atoms with E-state index < -0.39 is 0 Å². The Morgan fingerprint density at radius 3 is 2.65 bits per heavy atom. The molecule has 26 heavy (non-hydrogen) atoms. The molecule has 2 aromatic carbocycles. The molecule has 136 valence electrons. The Labute approximate surface area is 157 Å². The Hall–Kier alpha value is -2.06. The van der Waals surface area contributed by atoms with E-state index in [1.165, 1.54) is 41.3 Å². The van der Waals surface area contributed by atoms with E-state index in [-0.39, 0.29) is 7.43 Å². The van der Waals surface area contributed by atoms with Gasteiger partial charge in [0.05, 0.1) is 0 Å². The van der Waals surface area contributed by atoms with Gasteiger partial charge in [-0.25, -0.2) is 0 Å². The van der Waals surface area contributed by atoms with Crippen molar-refractivity contribution >= 4 is 10.9 Å². The van der Waals surface area contributed by atoms with Crippen molar-refractivity contribution in [1.29, 1.82) is 0 Å². The van der Waals surface area contributed by atoms with Crippen LogP contribution in [0.1, 0.15) is 48.7 Å². The number of aryl methyl sites for hydroxylation is 3. The van der Waals surface area contributed by atoms with Gasteiger partial charge in [0, 0.05) is 41.6 Å². The maximum absolute atomic E-state index is 2.63. The van der Waals surface area contributed by atoms with Crippen LogP contribution in [0.15, 0.2) is 48.5 Å². The van der Waals surface area contributed by atoms with Crippen molar-refractivity contribution < 1.29 is 0 Å². The minimum absolute atomic E-state index is 0. The molecule has 0 N–H and O–H groups in total. The summed E-state index contributed by atoms with van der Waals surface area (Å²) in [5, 5.41) is 1.50. The van der Waals surface area contributed by atoms with Gasteiger partial charge in [-0.15, -0.1) is 0 Å². The van der Waals surface area contributed by atoms with Gasteiger partial charge in [0.15, 0.2) is 0 Å². The highest BCUT2D eigenvalue weighted by atomic mass is 15.2. The Balaban J connectivity index is 0.00000168. The van der Waals surface area contributed by atoms with Gasteiger partial charge in [-0.2, -0.15) is 0 Å². The monoisotopic (exact) mass is 346 g/mol. The summed E-state index contributed by atoms with van der Waals surface area (Å²) in [4.78, 5) is 2.63. The van der Waals surface area contributed by atoms with E-state index >= 15 is 0 Å². The van der Waals surface area contributed by atoms with E-state index in [1.54, 1.807) is 11.3 Å². The second-order valence-electron chi connectivity index (χ2n) is 7.88. The number of rotatable bonds is 3. The molecule has 0 amide bonds. The average Bonchev–Trinajstić information content (AvgIpc) is 3.04. The summed E-state index contributed by atoms with van der Waals surface area (Å²) in [5.74, 6) is 0. The van der Waals surface area contributed by atoms with E-state index in [0.29, 0.717) is 6.04 Å². The lowest BCUT2D eigenvalue weighted by Crippen LogP contribution is -2.34. The molecular formula is C24H30N2. The Morgan fingerprint density at radius 2 is 1.85 bits per heavy atom. The molecule has 0 saturated carbocycles. The van der Waals surface area contributed by atoms with Gasteiger partial charge < -0.3 is 4.57 Å². The second-order valence-corrected chi connectivity index (χ2v) is 7.88. The standard InChI is InChI=1S/C23H26N2.CH4/c1-16-8-10-20-19(14-16)23-21-11-9-18(24(21)2)15-22(23)25(20)13-12-17-6-4-3-5-7-17;/h3-8,10,14,18,21H,9,11-13,15H2,1-2H3;1H4. The van der Waals surface area contributed by atoms with Crippen molar-refractivity contribution in [2.75, 3.05) is 7.05 Å². The number of nitrogens with zero attached hydrogens (tertiary/aromatic N) is 2. The van der Waals surface area contributed by atoms with Crippen molar-refractivity contribution in [3.05, 3.63) is 70.9 Å². The van der Waals surface area contributed by atoms with Crippen molar-refractivity contribution in [1.82, 2.24) is 9.47 Å². The first-order chi connectivity index (χ1) is 12.2. The molecule has 0 spiro atoms. The number of aromatic nitrogens is 1. The fourth-order valence-corrected chi connectivity index (χ4v) is 5.11. The largest absolute Gasteiger partial charge is 0.344 e. The quantitative estimate of drug-likeness (QED) is 0.606. The van der Waals surface area contributed by atoms with Crippen molar-refractivity contribution in [2.45, 2.75) is 58.7 Å². The van der Waals surface area contributed by atoms with Crippen LogP contribution in [-0.4, -0.2) is 22.6 Å². The topological polar surface area (TPSA) is 8.17 Å². The minimum atomic E-state index is 0. The van der Waals surface area contributed by atoms with Crippen LogP contribution in [0.4, 0.5) is 0 Å². The van der Waals surface area contributed by atoms with E-state index in [9.17, 15) is 0 Å². The summed E-state index contributed by atoms with van der Waals surface area (Å²) >= 11 is 0. The van der Waals surface area contributed by atoms with Gasteiger partial charge in [0.1, 0.15) is 0 Å². The third-order valence-corrected chi connectivity index (χ3v) is 6.44. The lowest BCUT2D eigenvalue weighted by Gasteiger charge is -2.32. The van der Waals surface area contributed by atoms with Crippen LogP contribution < -0.4 is 0 Å². The highest BCUT2D eigenvalue weighted by Crippen LogP contribution is 2.46. The van der Waals surface area contributed by atoms with Crippen LogP contribution in [0.3, 0.4) is 0 Å². The molecule has 2 unspecified atom stereocenters. The molecule has 1 fully saturated rings. The Morgan fingerprint density at radius 1 is 1.04 bits per heavy atom. The van der Waals surface area contributed by atoms with Crippen LogP contribution in [-0.2, 0) is 19.4 Å². The molecule has 0 radical (unpaired) electrons. The van der Waals surface area contributed by atoms with E-state index in [1.807, 2.05) is 0 Å².